The van der Waals surface area contributed by atoms with Gasteiger partial charge in [-0.1, -0.05) is 54.8 Å². The highest BCUT2D eigenvalue weighted by Gasteiger charge is 2.39. The quantitative estimate of drug-likeness (QED) is 0.102. The molecule has 326 valence electrons. The SMILES string of the molecule is Cc1ccc2nc(C(=O)N(C)C3CCN(Cc4ccccc4)C3)nc(NC3CCCCC3N=C(N)N)c2c1.O=C(O)C(F)(F)F.O=C(O)C(F)(F)F.O=C(O)C(F)(F)F. The van der Waals surface area contributed by atoms with Crippen molar-refractivity contribution in [3.8, 4) is 0 Å². The van der Waals surface area contributed by atoms with E-state index in [2.05, 4.69) is 45.5 Å². The van der Waals surface area contributed by atoms with Crippen LogP contribution in [-0.4, -0.2) is 122 Å². The number of fused-ring (bicyclic) bond motifs is 1. The molecule has 2 heterocycles. The van der Waals surface area contributed by atoms with Gasteiger partial charge in [0.2, 0.25) is 5.82 Å². The van der Waals surface area contributed by atoms with Crippen molar-refractivity contribution >= 4 is 46.5 Å². The zero-order valence-corrected chi connectivity index (χ0v) is 31.3. The van der Waals surface area contributed by atoms with Crippen molar-refractivity contribution in [2.45, 2.75) is 82.2 Å². The molecule has 2 aromatic carbocycles. The summed E-state index contributed by atoms with van der Waals surface area (Å²) in [6, 6.07) is 16.6. The Hall–Kier alpha value is -5.94. The molecule has 24 heteroatoms. The Labute approximate surface area is 329 Å². The van der Waals surface area contributed by atoms with Crippen LogP contribution >= 0.6 is 0 Å². The van der Waals surface area contributed by atoms with Gasteiger partial charge in [0, 0.05) is 38.1 Å². The zero-order valence-electron chi connectivity index (χ0n) is 31.3. The number of hydrogen-bond acceptors (Lipinski definition) is 9. The van der Waals surface area contributed by atoms with E-state index in [1.807, 2.05) is 37.1 Å². The van der Waals surface area contributed by atoms with Gasteiger partial charge in [-0.05, 0) is 43.9 Å². The molecule has 8 N–H and O–H groups in total. The second-order valence-corrected chi connectivity index (χ2v) is 13.1. The van der Waals surface area contributed by atoms with E-state index in [1.54, 1.807) is 0 Å². The molecule has 5 rings (SSSR count). The van der Waals surface area contributed by atoms with Gasteiger partial charge >= 0.3 is 36.4 Å². The number of halogens is 9. The number of rotatable bonds is 7. The van der Waals surface area contributed by atoms with E-state index >= 15 is 0 Å². The van der Waals surface area contributed by atoms with Crippen molar-refractivity contribution in [2.24, 2.45) is 16.5 Å². The van der Waals surface area contributed by atoms with Gasteiger partial charge in [-0.3, -0.25) is 9.69 Å². The van der Waals surface area contributed by atoms with Crippen molar-refractivity contribution in [1.82, 2.24) is 19.8 Å². The number of amides is 1. The first-order valence-electron chi connectivity index (χ1n) is 17.3. The first kappa shape index (κ1) is 49.2. The smallest absolute Gasteiger partial charge is 0.475 e. The predicted molar refractivity (Wildman–Crippen MR) is 193 cm³/mol. The summed E-state index contributed by atoms with van der Waals surface area (Å²) in [5, 5.41) is 25.9. The maximum absolute atomic E-state index is 13.7. The van der Waals surface area contributed by atoms with Crippen LogP contribution in [0.4, 0.5) is 45.3 Å². The number of alkyl halides is 9. The number of guanidine groups is 1. The lowest BCUT2D eigenvalue weighted by molar-refractivity contribution is -0.193. The number of aryl methyl sites for hydroxylation is 1. The molecule has 15 nitrogen and oxygen atoms in total. The summed E-state index contributed by atoms with van der Waals surface area (Å²) < 4.78 is 95.2. The first-order chi connectivity index (χ1) is 27.2. The van der Waals surface area contributed by atoms with E-state index in [9.17, 15) is 44.3 Å². The number of carboxylic acid groups (broad SMARTS) is 3. The molecule has 3 aromatic rings. The molecule has 2 aliphatic rings. The molecule has 0 spiro atoms. The number of carboxylic acids is 3. The summed E-state index contributed by atoms with van der Waals surface area (Å²) in [5.41, 5.74) is 14.6. The van der Waals surface area contributed by atoms with Gasteiger partial charge in [-0.15, -0.1) is 0 Å². The number of aromatic nitrogens is 2. The summed E-state index contributed by atoms with van der Waals surface area (Å²) in [6.07, 6.45) is -10.3. The number of nitrogens with zero attached hydrogens (tertiary/aromatic N) is 5. The minimum absolute atomic E-state index is 0.0283. The van der Waals surface area contributed by atoms with Crippen LogP contribution in [0.3, 0.4) is 0 Å². The molecule has 3 unspecified atom stereocenters. The lowest BCUT2D eigenvalue weighted by Gasteiger charge is -2.30. The second kappa shape index (κ2) is 21.2. The van der Waals surface area contributed by atoms with E-state index < -0.39 is 36.4 Å². The summed E-state index contributed by atoms with van der Waals surface area (Å²) in [6.45, 7) is 4.71. The molecule has 0 bridgehead atoms. The minimum Gasteiger partial charge on any atom is -0.475 e. The Kier molecular flexibility index (Phi) is 17.7. The molecule has 1 saturated heterocycles. The summed E-state index contributed by atoms with van der Waals surface area (Å²) in [4.78, 5) is 58.5. The lowest BCUT2D eigenvalue weighted by Crippen LogP contribution is -2.40. The number of carbonyl (C=O) groups excluding carboxylic acids is 1. The fraction of sp³-hybridized carbons (Fsp3) is 0.457. The number of aliphatic carboxylic acids is 3. The summed E-state index contributed by atoms with van der Waals surface area (Å²) >= 11 is 0. The van der Waals surface area contributed by atoms with Gasteiger partial charge in [0.15, 0.2) is 5.96 Å². The molecule has 2 fully saturated rings. The van der Waals surface area contributed by atoms with Crippen molar-refractivity contribution in [2.75, 3.05) is 25.5 Å². The lowest BCUT2D eigenvalue weighted by atomic mass is 9.90. The monoisotopic (exact) mass is 856 g/mol. The third-order valence-electron chi connectivity index (χ3n) is 8.50. The number of likely N-dealkylation sites (tertiary alicyclic amines) is 1. The molecular weight excluding hydrogens is 815 g/mol. The van der Waals surface area contributed by atoms with Crippen molar-refractivity contribution in [3.63, 3.8) is 0 Å². The third-order valence-corrected chi connectivity index (χ3v) is 8.50. The highest BCUT2D eigenvalue weighted by atomic mass is 19.4. The Morgan fingerprint density at radius 2 is 1.36 bits per heavy atom. The van der Waals surface area contributed by atoms with Crippen LogP contribution in [0.2, 0.25) is 0 Å². The molecule has 3 atom stereocenters. The largest absolute Gasteiger partial charge is 0.490 e. The van der Waals surface area contributed by atoms with Gasteiger partial charge in [0.25, 0.3) is 5.91 Å². The minimum atomic E-state index is -5.08. The summed E-state index contributed by atoms with van der Waals surface area (Å²) in [7, 11) is 1.87. The molecule has 1 aliphatic heterocycles. The average molecular weight is 857 g/mol. The maximum Gasteiger partial charge on any atom is 0.490 e. The molecule has 1 aromatic heterocycles. The number of nitrogens with one attached hydrogen (secondary N) is 1. The number of carbonyl (C=O) groups is 4. The Morgan fingerprint density at radius 1 is 0.831 bits per heavy atom. The van der Waals surface area contributed by atoms with Crippen LogP contribution in [0.25, 0.3) is 10.9 Å². The Morgan fingerprint density at radius 3 is 1.86 bits per heavy atom. The van der Waals surface area contributed by atoms with E-state index in [-0.39, 0.29) is 35.8 Å². The van der Waals surface area contributed by atoms with Gasteiger partial charge in [-0.25, -0.2) is 29.3 Å². The highest BCUT2D eigenvalue weighted by molar-refractivity contribution is 5.97. The number of hydrogen-bond donors (Lipinski definition) is 6. The number of benzene rings is 2. The predicted octanol–water partition coefficient (Wildman–Crippen LogP) is 5.18. The van der Waals surface area contributed by atoms with Crippen LogP contribution in [0, 0.1) is 6.92 Å². The fourth-order valence-corrected chi connectivity index (χ4v) is 5.69. The number of nitrogens with two attached hydrogens (primary N) is 2. The average Bonchev–Trinajstić information content (AvgIpc) is 3.60. The van der Waals surface area contributed by atoms with Gasteiger partial charge in [0.1, 0.15) is 5.82 Å². The van der Waals surface area contributed by atoms with Gasteiger partial charge < -0.3 is 37.0 Å². The standard InChI is InChI=1S/C29H38N8O.3C2HF3O2/c1-19-12-13-23-22(16-19)26(33-24-10-6-7-11-25(24)34-29(30)31)35-27(32-23)28(38)36(2)21-14-15-37(18-21)17-20-8-4-3-5-9-20;3*3-2(4,5)1(6)7/h3-5,8-9,12-13,16,21,24-25H,6-7,10-11,14-15,17-18H2,1-2H3,(H4,30,31,34)(H,32,33,35);3*(H,6,7). The second-order valence-electron chi connectivity index (χ2n) is 13.1. The maximum atomic E-state index is 13.7. The van der Waals surface area contributed by atoms with E-state index in [4.69, 9.17) is 51.1 Å². The highest BCUT2D eigenvalue weighted by Crippen LogP contribution is 2.29. The molecule has 1 saturated carbocycles. The zero-order chi connectivity index (χ0) is 44.9. The van der Waals surface area contributed by atoms with Gasteiger partial charge in [0.05, 0.1) is 17.6 Å². The molecule has 1 amide bonds. The van der Waals surface area contributed by atoms with Crippen LogP contribution in [-0.2, 0) is 20.9 Å². The van der Waals surface area contributed by atoms with Gasteiger partial charge in [-0.2, -0.15) is 39.5 Å². The van der Waals surface area contributed by atoms with Crippen molar-refractivity contribution < 1.29 is 74.0 Å². The summed E-state index contributed by atoms with van der Waals surface area (Å²) in [5.74, 6) is -7.46. The molecular formula is C35H41F9N8O7. The first-order valence-corrected chi connectivity index (χ1v) is 17.3. The normalized spacial score (nSPS) is 18.1. The van der Waals surface area contributed by atoms with E-state index in [1.165, 1.54) is 5.56 Å². The van der Waals surface area contributed by atoms with E-state index in [0.717, 1.165) is 68.2 Å². The Bertz CT molecular complexity index is 1870. The molecule has 0 radical (unpaired) electrons. The molecule has 59 heavy (non-hydrogen) atoms. The number of anilines is 1. The topological polar surface area (TPSA) is 238 Å². The molecule has 1 aliphatic carbocycles. The van der Waals surface area contributed by atoms with Crippen molar-refractivity contribution in [3.05, 3.63) is 65.5 Å². The Balaban J connectivity index is 0.000000469. The fourth-order valence-electron chi connectivity index (χ4n) is 5.69. The van der Waals surface area contributed by atoms with Crippen LogP contribution in [0.1, 0.15) is 53.8 Å². The number of likely N-dealkylation sites (N-methyl/N-ethyl adjacent to an activating group) is 1. The number of aliphatic imine (C=N–C) groups is 1. The van der Waals surface area contributed by atoms with Crippen LogP contribution < -0.4 is 16.8 Å². The van der Waals surface area contributed by atoms with E-state index in [0.29, 0.717) is 5.82 Å². The third kappa shape index (κ3) is 16.4. The van der Waals surface area contributed by atoms with Crippen molar-refractivity contribution in [1.29, 1.82) is 0 Å². The van der Waals surface area contributed by atoms with Crippen LogP contribution in [0.15, 0.2) is 53.5 Å². The van der Waals surface area contributed by atoms with Crippen LogP contribution in [0.5, 0.6) is 0 Å².